The molecule has 0 bridgehead atoms. The Labute approximate surface area is 202 Å². The van der Waals surface area contributed by atoms with Crippen LogP contribution in [-0.2, 0) is 0 Å². The molecule has 0 unspecified atom stereocenters. The Morgan fingerprint density at radius 2 is 1.74 bits per heavy atom. The number of furan rings is 1. The van der Waals surface area contributed by atoms with Gasteiger partial charge < -0.3 is 4.42 Å². The molecule has 0 aliphatic carbocycles. The van der Waals surface area contributed by atoms with Gasteiger partial charge in [0.2, 0.25) is 5.95 Å². The van der Waals surface area contributed by atoms with Crippen LogP contribution in [0.2, 0.25) is 5.02 Å². The molecule has 0 spiro atoms. The predicted octanol–water partition coefficient (Wildman–Crippen LogP) is 7.21. The van der Waals surface area contributed by atoms with Gasteiger partial charge in [0.1, 0.15) is 11.5 Å². The minimum absolute atomic E-state index is 0.0472. The van der Waals surface area contributed by atoms with Crippen molar-refractivity contribution in [1.82, 2.24) is 9.97 Å². The second kappa shape index (κ2) is 8.43. The number of halogens is 1. The number of aryl methyl sites for hydroxylation is 1. The van der Waals surface area contributed by atoms with Gasteiger partial charge in [-0.05, 0) is 42.8 Å². The third kappa shape index (κ3) is 3.74. The van der Waals surface area contributed by atoms with E-state index in [4.69, 9.17) is 31.1 Å². The topological polar surface area (TPSA) is 54.5 Å². The zero-order valence-electron chi connectivity index (χ0n) is 18.5. The van der Waals surface area contributed by atoms with Gasteiger partial charge in [-0.3, -0.25) is 0 Å². The molecule has 0 amide bonds. The first kappa shape index (κ1) is 20.6. The molecule has 6 heteroatoms. The van der Waals surface area contributed by atoms with E-state index in [1.807, 2.05) is 65.7 Å². The lowest BCUT2D eigenvalue weighted by Crippen LogP contribution is -2.21. The average Bonchev–Trinajstić information content (AvgIpc) is 3.55. The van der Waals surface area contributed by atoms with E-state index in [0.29, 0.717) is 17.4 Å². The van der Waals surface area contributed by atoms with E-state index in [1.54, 1.807) is 6.26 Å². The van der Waals surface area contributed by atoms with E-state index in [0.717, 1.165) is 39.2 Å². The van der Waals surface area contributed by atoms with E-state index in [1.165, 1.54) is 5.56 Å². The molecule has 1 aliphatic heterocycles. The standard InChI is InChI=1S/C28H21ClN4O/c1-18-9-11-19(12-10-18)25-17-24(26-8-5-15-34-26)32-33(25)28-30-23-14-13-21(29)16-22(23)27(31-28)20-6-3-2-4-7-20/h2-16,25H,17H2,1H3/t25-/m1/s1. The van der Waals surface area contributed by atoms with E-state index < -0.39 is 0 Å². The maximum atomic E-state index is 6.34. The molecule has 1 aliphatic rings. The van der Waals surface area contributed by atoms with Crippen molar-refractivity contribution in [2.75, 3.05) is 5.01 Å². The summed E-state index contributed by atoms with van der Waals surface area (Å²) in [6.07, 6.45) is 2.37. The number of fused-ring (bicyclic) bond motifs is 1. The smallest absolute Gasteiger partial charge is 0.247 e. The summed E-state index contributed by atoms with van der Waals surface area (Å²) in [5.41, 5.74) is 5.88. The van der Waals surface area contributed by atoms with Gasteiger partial charge in [-0.2, -0.15) is 5.10 Å². The molecule has 34 heavy (non-hydrogen) atoms. The SMILES string of the molecule is Cc1ccc([C@H]2CC(c3ccco3)=NN2c2nc(-c3ccccc3)c3cc(Cl)ccc3n2)cc1. The lowest BCUT2D eigenvalue weighted by Gasteiger charge is -2.23. The van der Waals surface area contributed by atoms with Crippen LogP contribution in [0.5, 0.6) is 0 Å². The predicted molar refractivity (Wildman–Crippen MR) is 136 cm³/mol. The summed E-state index contributed by atoms with van der Waals surface area (Å²) in [4.78, 5) is 9.93. The molecule has 3 heterocycles. The van der Waals surface area contributed by atoms with Gasteiger partial charge in [0.05, 0.1) is 23.5 Å². The average molecular weight is 465 g/mol. The van der Waals surface area contributed by atoms with Crippen molar-refractivity contribution in [2.24, 2.45) is 5.10 Å². The maximum absolute atomic E-state index is 6.34. The van der Waals surface area contributed by atoms with Crippen molar-refractivity contribution in [1.29, 1.82) is 0 Å². The molecule has 0 saturated carbocycles. The lowest BCUT2D eigenvalue weighted by atomic mass is 10.00. The fourth-order valence-corrected chi connectivity index (χ4v) is 4.51. The fourth-order valence-electron chi connectivity index (χ4n) is 4.34. The Bertz CT molecular complexity index is 1500. The normalized spacial score (nSPS) is 15.6. The first-order valence-electron chi connectivity index (χ1n) is 11.2. The molecular formula is C28H21ClN4O. The molecule has 0 N–H and O–H groups in total. The highest BCUT2D eigenvalue weighted by atomic mass is 35.5. The van der Waals surface area contributed by atoms with E-state index in [9.17, 15) is 0 Å². The zero-order chi connectivity index (χ0) is 23.1. The van der Waals surface area contributed by atoms with Crippen LogP contribution in [0.1, 0.15) is 29.3 Å². The molecular weight excluding hydrogens is 444 g/mol. The van der Waals surface area contributed by atoms with Crippen LogP contribution in [0.25, 0.3) is 22.2 Å². The molecule has 5 aromatic rings. The molecule has 2 aromatic heterocycles. The summed E-state index contributed by atoms with van der Waals surface area (Å²) in [6, 6.07) is 28.1. The third-order valence-corrected chi connectivity index (χ3v) is 6.31. The molecule has 3 aromatic carbocycles. The Kier molecular flexibility index (Phi) is 5.12. The zero-order valence-corrected chi connectivity index (χ0v) is 19.3. The summed E-state index contributed by atoms with van der Waals surface area (Å²) >= 11 is 6.34. The number of rotatable bonds is 4. The quantitative estimate of drug-likeness (QED) is 0.282. The molecule has 0 radical (unpaired) electrons. The maximum Gasteiger partial charge on any atom is 0.247 e. The van der Waals surface area contributed by atoms with Gasteiger partial charge >= 0.3 is 0 Å². The number of hydrogen-bond acceptors (Lipinski definition) is 5. The molecule has 0 saturated heterocycles. The minimum Gasteiger partial charge on any atom is -0.463 e. The van der Waals surface area contributed by atoms with Gasteiger partial charge in [0.25, 0.3) is 0 Å². The molecule has 0 fully saturated rings. The van der Waals surface area contributed by atoms with E-state index in [2.05, 4.69) is 31.2 Å². The largest absolute Gasteiger partial charge is 0.463 e. The fraction of sp³-hybridized carbons (Fsp3) is 0.107. The van der Waals surface area contributed by atoms with Crippen LogP contribution >= 0.6 is 11.6 Å². The summed E-state index contributed by atoms with van der Waals surface area (Å²) in [7, 11) is 0. The number of anilines is 1. The highest BCUT2D eigenvalue weighted by Crippen LogP contribution is 2.38. The van der Waals surface area contributed by atoms with Crippen LogP contribution < -0.4 is 5.01 Å². The van der Waals surface area contributed by atoms with Gasteiger partial charge in [0, 0.05) is 22.4 Å². The second-order valence-corrected chi connectivity index (χ2v) is 8.84. The van der Waals surface area contributed by atoms with Crippen LogP contribution in [0.3, 0.4) is 0 Å². The van der Waals surface area contributed by atoms with Crippen LogP contribution in [0.4, 0.5) is 5.95 Å². The van der Waals surface area contributed by atoms with Crippen molar-refractivity contribution in [3.05, 3.63) is 113 Å². The van der Waals surface area contributed by atoms with Crippen molar-refractivity contribution >= 4 is 34.2 Å². The highest BCUT2D eigenvalue weighted by molar-refractivity contribution is 6.31. The number of aromatic nitrogens is 2. The third-order valence-electron chi connectivity index (χ3n) is 6.08. The Morgan fingerprint density at radius 1 is 0.912 bits per heavy atom. The number of hydrogen-bond donors (Lipinski definition) is 0. The summed E-state index contributed by atoms with van der Waals surface area (Å²) in [6.45, 7) is 2.09. The van der Waals surface area contributed by atoms with Crippen molar-refractivity contribution in [2.45, 2.75) is 19.4 Å². The van der Waals surface area contributed by atoms with Crippen LogP contribution in [-0.4, -0.2) is 15.7 Å². The first-order chi connectivity index (χ1) is 16.7. The number of benzene rings is 3. The Morgan fingerprint density at radius 3 is 2.50 bits per heavy atom. The monoisotopic (exact) mass is 464 g/mol. The summed E-state index contributed by atoms with van der Waals surface area (Å²) in [5.74, 6) is 1.30. The highest BCUT2D eigenvalue weighted by Gasteiger charge is 2.33. The van der Waals surface area contributed by atoms with Gasteiger partial charge in [-0.15, -0.1) is 0 Å². The van der Waals surface area contributed by atoms with Crippen molar-refractivity contribution in [3.63, 3.8) is 0 Å². The molecule has 6 rings (SSSR count). The van der Waals surface area contributed by atoms with Crippen LogP contribution in [0.15, 0.2) is 101 Å². The molecule has 5 nitrogen and oxygen atoms in total. The van der Waals surface area contributed by atoms with Crippen LogP contribution in [0, 0.1) is 6.92 Å². The van der Waals surface area contributed by atoms with Crippen molar-refractivity contribution < 1.29 is 4.42 Å². The minimum atomic E-state index is -0.0472. The molecule has 166 valence electrons. The van der Waals surface area contributed by atoms with Gasteiger partial charge in [0.15, 0.2) is 0 Å². The molecule has 1 atom stereocenters. The van der Waals surface area contributed by atoms with Gasteiger partial charge in [-0.1, -0.05) is 71.8 Å². The first-order valence-corrected chi connectivity index (χ1v) is 11.5. The van der Waals surface area contributed by atoms with E-state index >= 15 is 0 Å². The van der Waals surface area contributed by atoms with Crippen molar-refractivity contribution in [3.8, 4) is 11.3 Å². The Hall–Kier alpha value is -3.96. The summed E-state index contributed by atoms with van der Waals surface area (Å²) in [5, 5.41) is 8.42. The Balaban J connectivity index is 1.54. The number of nitrogens with zero attached hydrogens (tertiary/aromatic N) is 4. The summed E-state index contributed by atoms with van der Waals surface area (Å²) < 4.78 is 5.67. The lowest BCUT2D eigenvalue weighted by molar-refractivity contribution is 0.556. The second-order valence-electron chi connectivity index (χ2n) is 8.40. The van der Waals surface area contributed by atoms with Gasteiger partial charge in [-0.25, -0.2) is 15.0 Å². The number of hydrazone groups is 1. The van der Waals surface area contributed by atoms with E-state index in [-0.39, 0.29) is 6.04 Å².